The van der Waals surface area contributed by atoms with Crippen LogP contribution in [0.1, 0.15) is 29.7 Å². The molecule has 1 unspecified atom stereocenters. The van der Waals surface area contributed by atoms with Gasteiger partial charge in [0, 0.05) is 9.50 Å². The van der Waals surface area contributed by atoms with Crippen LogP contribution in [0.25, 0.3) is 0 Å². The molecule has 0 amide bonds. The minimum atomic E-state index is -0.516. The molecule has 0 bridgehead atoms. The second-order valence-electron chi connectivity index (χ2n) is 4.83. The highest BCUT2D eigenvalue weighted by Crippen LogP contribution is 2.34. The summed E-state index contributed by atoms with van der Waals surface area (Å²) >= 11 is 9.46. The molecule has 0 spiro atoms. The van der Waals surface area contributed by atoms with Gasteiger partial charge in [0.25, 0.3) is 0 Å². The Balaban J connectivity index is 2.34. The lowest BCUT2D eigenvalue weighted by Crippen LogP contribution is -1.95. The summed E-state index contributed by atoms with van der Waals surface area (Å²) < 4.78 is 6.77. The molecule has 0 aliphatic heterocycles. The molecule has 20 heavy (non-hydrogen) atoms. The number of hydrogen-bond donors (Lipinski definition) is 1. The number of halogens is 2. The van der Waals surface area contributed by atoms with E-state index in [0.717, 1.165) is 32.7 Å². The predicted molar refractivity (Wildman–Crippen MR) is 85.8 cm³/mol. The second-order valence-corrected chi connectivity index (χ2v) is 6.12. The Kier molecular flexibility index (Phi) is 4.74. The molecule has 0 aromatic heterocycles. The van der Waals surface area contributed by atoms with Gasteiger partial charge in [0.1, 0.15) is 11.5 Å². The molecule has 0 fully saturated rings. The van der Waals surface area contributed by atoms with E-state index in [9.17, 15) is 5.11 Å². The number of hydrogen-bond acceptors (Lipinski definition) is 2. The van der Waals surface area contributed by atoms with Gasteiger partial charge in [0.05, 0.1) is 6.10 Å². The third kappa shape index (κ3) is 3.35. The van der Waals surface area contributed by atoms with Gasteiger partial charge in [-0.25, -0.2) is 0 Å². The molecule has 0 radical (unpaired) electrons. The minimum Gasteiger partial charge on any atom is -0.457 e. The fraction of sp³-hybridized carbons (Fsp3) is 0.250. The van der Waals surface area contributed by atoms with Gasteiger partial charge in [-0.15, -0.1) is 0 Å². The van der Waals surface area contributed by atoms with Gasteiger partial charge in [-0.1, -0.05) is 33.6 Å². The smallest absolute Gasteiger partial charge is 0.133 e. The van der Waals surface area contributed by atoms with Gasteiger partial charge in [0.2, 0.25) is 0 Å². The zero-order valence-corrected chi connectivity index (χ0v) is 13.9. The van der Waals surface area contributed by atoms with E-state index in [-0.39, 0.29) is 0 Å². The van der Waals surface area contributed by atoms with E-state index in [1.54, 1.807) is 6.92 Å². The summed E-state index contributed by atoms with van der Waals surface area (Å²) in [6.45, 7) is 5.66. The number of rotatable bonds is 3. The van der Waals surface area contributed by atoms with Crippen LogP contribution in [0.3, 0.4) is 0 Å². The molecule has 2 aromatic rings. The van der Waals surface area contributed by atoms with E-state index in [0.29, 0.717) is 5.02 Å². The highest BCUT2D eigenvalue weighted by Gasteiger charge is 2.10. The molecule has 0 saturated carbocycles. The number of aryl methyl sites for hydroxylation is 2. The van der Waals surface area contributed by atoms with E-state index >= 15 is 0 Å². The first-order chi connectivity index (χ1) is 9.38. The Morgan fingerprint density at radius 2 is 1.75 bits per heavy atom. The van der Waals surface area contributed by atoms with Crippen molar-refractivity contribution in [2.24, 2.45) is 0 Å². The minimum absolute atomic E-state index is 0.516. The summed E-state index contributed by atoms with van der Waals surface area (Å²) in [6.07, 6.45) is -0.516. The SMILES string of the molecule is Cc1cc(Cl)cc(C)c1Oc1ccc(C(C)O)c(Br)c1. The molecule has 106 valence electrons. The predicted octanol–water partition coefficient (Wildman–Crippen LogP) is 5.56. The van der Waals surface area contributed by atoms with Gasteiger partial charge >= 0.3 is 0 Å². The molecule has 0 heterocycles. The van der Waals surface area contributed by atoms with Crippen LogP contribution in [0.2, 0.25) is 5.02 Å². The molecule has 0 saturated heterocycles. The maximum absolute atomic E-state index is 9.62. The fourth-order valence-corrected chi connectivity index (χ4v) is 3.10. The molecular weight excluding hydrogens is 340 g/mol. The summed E-state index contributed by atoms with van der Waals surface area (Å²) in [4.78, 5) is 0. The van der Waals surface area contributed by atoms with Crippen molar-refractivity contribution in [1.29, 1.82) is 0 Å². The van der Waals surface area contributed by atoms with Crippen molar-refractivity contribution in [2.75, 3.05) is 0 Å². The van der Waals surface area contributed by atoms with Crippen LogP contribution in [0.4, 0.5) is 0 Å². The van der Waals surface area contributed by atoms with Crippen LogP contribution in [-0.4, -0.2) is 5.11 Å². The van der Waals surface area contributed by atoms with Gasteiger partial charge in [-0.05, 0) is 61.7 Å². The maximum atomic E-state index is 9.62. The van der Waals surface area contributed by atoms with E-state index in [4.69, 9.17) is 16.3 Å². The standard InChI is InChI=1S/C16H16BrClO2/c1-9-6-12(18)7-10(2)16(9)20-13-4-5-14(11(3)19)15(17)8-13/h4-8,11,19H,1-3H3. The molecule has 2 nitrogen and oxygen atoms in total. The summed E-state index contributed by atoms with van der Waals surface area (Å²) in [5.41, 5.74) is 2.82. The number of benzene rings is 2. The van der Waals surface area contributed by atoms with Gasteiger partial charge in [-0.3, -0.25) is 0 Å². The first kappa shape index (κ1) is 15.4. The highest BCUT2D eigenvalue weighted by atomic mass is 79.9. The quantitative estimate of drug-likeness (QED) is 0.780. The van der Waals surface area contributed by atoms with E-state index in [1.807, 2.05) is 44.2 Å². The summed E-state index contributed by atoms with van der Waals surface area (Å²) in [5, 5.41) is 10.3. The Morgan fingerprint density at radius 1 is 1.15 bits per heavy atom. The van der Waals surface area contributed by atoms with E-state index in [1.165, 1.54) is 0 Å². The lowest BCUT2D eigenvalue weighted by molar-refractivity contribution is 0.198. The molecule has 1 atom stereocenters. The molecule has 2 aromatic carbocycles. The zero-order chi connectivity index (χ0) is 14.9. The third-order valence-corrected chi connectivity index (χ3v) is 3.97. The van der Waals surface area contributed by atoms with Crippen LogP contribution in [0.5, 0.6) is 11.5 Å². The molecule has 2 rings (SSSR count). The number of ether oxygens (including phenoxy) is 1. The average Bonchev–Trinajstić information content (AvgIpc) is 2.33. The fourth-order valence-electron chi connectivity index (χ4n) is 2.09. The van der Waals surface area contributed by atoms with Crippen molar-refractivity contribution >= 4 is 27.5 Å². The van der Waals surface area contributed by atoms with Crippen LogP contribution in [-0.2, 0) is 0 Å². The Hall–Kier alpha value is -1.03. The van der Waals surface area contributed by atoms with Crippen molar-refractivity contribution < 1.29 is 9.84 Å². The second kappa shape index (κ2) is 6.17. The maximum Gasteiger partial charge on any atom is 0.133 e. The monoisotopic (exact) mass is 354 g/mol. The largest absolute Gasteiger partial charge is 0.457 e. The van der Waals surface area contributed by atoms with Gasteiger partial charge < -0.3 is 9.84 Å². The Morgan fingerprint density at radius 3 is 2.25 bits per heavy atom. The summed E-state index contributed by atoms with van der Waals surface area (Å²) in [7, 11) is 0. The molecule has 0 aliphatic rings. The topological polar surface area (TPSA) is 29.5 Å². The van der Waals surface area contributed by atoms with Crippen LogP contribution >= 0.6 is 27.5 Å². The zero-order valence-electron chi connectivity index (χ0n) is 11.6. The number of aliphatic hydroxyl groups is 1. The first-order valence-corrected chi connectivity index (χ1v) is 7.47. The van der Waals surface area contributed by atoms with Crippen LogP contribution in [0.15, 0.2) is 34.8 Å². The first-order valence-electron chi connectivity index (χ1n) is 6.30. The lowest BCUT2D eigenvalue weighted by atomic mass is 10.1. The lowest BCUT2D eigenvalue weighted by Gasteiger charge is -2.14. The number of aliphatic hydroxyl groups excluding tert-OH is 1. The summed E-state index contributed by atoms with van der Waals surface area (Å²) in [6, 6.07) is 9.31. The van der Waals surface area contributed by atoms with Crippen molar-refractivity contribution in [3.8, 4) is 11.5 Å². The molecule has 0 aliphatic carbocycles. The third-order valence-electron chi connectivity index (χ3n) is 3.07. The molecule has 1 N–H and O–H groups in total. The van der Waals surface area contributed by atoms with Crippen molar-refractivity contribution in [3.05, 3.63) is 56.5 Å². The van der Waals surface area contributed by atoms with Gasteiger partial charge in [0.15, 0.2) is 0 Å². The highest BCUT2D eigenvalue weighted by molar-refractivity contribution is 9.10. The normalized spacial score (nSPS) is 12.3. The van der Waals surface area contributed by atoms with Crippen LogP contribution in [0, 0.1) is 13.8 Å². The Labute approximate surface area is 132 Å². The van der Waals surface area contributed by atoms with E-state index in [2.05, 4.69) is 15.9 Å². The van der Waals surface area contributed by atoms with Crippen molar-refractivity contribution in [1.82, 2.24) is 0 Å². The van der Waals surface area contributed by atoms with Gasteiger partial charge in [-0.2, -0.15) is 0 Å². The van der Waals surface area contributed by atoms with E-state index < -0.39 is 6.10 Å². The molecular formula is C16H16BrClO2. The van der Waals surface area contributed by atoms with Crippen molar-refractivity contribution in [2.45, 2.75) is 26.9 Å². The van der Waals surface area contributed by atoms with Crippen molar-refractivity contribution in [3.63, 3.8) is 0 Å². The van der Waals surface area contributed by atoms with Crippen LogP contribution < -0.4 is 4.74 Å². The summed E-state index contributed by atoms with van der Waals surface area (Å²) in [5.74, 6) is 1.53. The Bertz CT molecular complexity index is 615. The average molecular weight is 356 g/mol. The molecule has 4 heteroatoms.